The van der Waals surface area contributed by atoms with E-state index in [2.05, 4.69) is 0 Å². The molecule has 0 aliphatic heterocycles. The molecule has 2 aromatic rings. The lowest BCUT2D eigenvalue weighted by atomic mass is 10.1. The largest absolute Gasteiger partial charge is 0.497 e. The van der Waals surface area contributed by atoms with Gasteiger partial charge in [0.2, 0.25) is 5.91 Å². The molecule has 0 saturated carbocycles. The lowest BCUT2D eigenvalue weighted by Crippen LogP contribution is -2.30. The first-order valence-electron chi connectivity index (χ1n) is 7.72. The van der Waals surface area contributed by atoms with Gasteiger partial charge in [0.05, 0.1) is 21.3 Å². The van der Waals surface area contributed by atoms with Gasteiger partial charge in [-0.05, 0) is 48.4 Å². The molecule has 0 radical (unpaired) electrons. The molecule has 0 aliphatic carbocycles. The molecule has 5 heteroatoms. The van der Waals surface area contributed by atoms with Crippen LogP contribution in [0.2, 0.25) is 0 Å². The Morgan fingerprint density at radius 3 is 2.12 bits per heavy atom. The van der Waals surface area contributed by atoms with Crippen molar-refractivity contribution >= 4 is 11.6 Å². The summed E-state index contributed by atoms with van der Waals surface area (Å²) in [5, 5.41) is 0. The molecule has 0 N–H and O–H groups in total. The Morgan fingerprint density at radius 1 is 0.917 bits per heavy atom. The third kappa shape index (κ3) is 4.19. The van der Waals surface area contributed by atoms with Crippen molar-refractivity contribution in [1.82, 2.24) is 0 Å². The summed E-state index contributed by atoms with van der Waals surface area (Å²) in [6.07, 6.45) is 0.714. The van der Waals surface area contributed by atoms with Crippen molar-refractivity contribution in [3.8, 4) is 17.2 Å². The fraction of sp³-hybridized carbons (Fsp3) is 0.316. The Hall–Kier alpha value is -2.69. The molecule has 0 atom stereocenters. The molecule has 0 saturated heterocycles. The number of hydrogen-bond donors (Lipinski definition) is 0. The van der Waals surface area contributed by atoms with Crippen LogP contribution in [0.15, 0.2) is 42.5 Å². The summed E-state index contributed by atoms with van der Waals surface area (Å²) in [5.41, 5.74) is 1.93. The van der Waals surface area contributed by atoms with Crippen molar-refractivity contribution in [2.75, 3.05) is 32.8 Å². The van der Waals surface area contributed by atoms with Gasteiger partial charge in [-0.25, -0.2) is 0 Å². The van der Waals surface area contributed by atoms with Gasteiger partial charge in [0.1, 0.15) is 5.75 Å². The second-order valence-electron chi connectivity index (χ2n) is 5.31. The molecular formula is C19H23NO4. The summed E-state index contributed by atoms with van der Waals surface area (Å²) in [7, 11) is 4.84. The Morgan fingerprint density at radius 2 is 1.58 bits per heavy atom. The van der Waals surface area contributed by atoms with Crippen LogP contribution in [-0.2, 0) is 11.2 Å². The number of amides is 1. The molecule has 0 aliphatic rings. The molecule has 0 heterocycles. The molecule has 2 aromatic carbocycles. The van der Waals surface area contributed by atoms with Crippen LogP contribution in [0.5, 0.6) is 17.2 Å². The first-order chi connectivity index (χ1) is 11.6. The summed E-state index contributed by atoms with van der Waals surface area (Å²) >= 11 is 0. The van der Waals surface area contributed by atoms with Crippen molar-refractivity contribution in [3.05, 3.63) is 48.0 Å². The molecule has 5 nitrogen and oxygen atoms in total. The van der Waals surface area contributed by atoms with Gasteiger partial charge in [-0.1, -0.05) is 6.07 Å². The molecule has 0 aromatic heterocycles. The van der Waals surface area contributed by atoms with Crippen LogP contribution in [0.1, 0.15) is 12.5 Å². The van der Waals surface area contributed by atoms with Gasteiger partial charge in [-0.3, -0.25) is 4.79 Å². The maximum absolute atomic E-state index is 12.0. The number of benzene rings is 2. The quantitative estimate of drug-likeness (QED) is 0.782. The third-order valence-corrected chi connectivity index (χ3v) is 3.84. The summed E-state index contributed by atoms with van der Waals surface area (Å²) in [5.74, 6) is 2.15. The fourth-order valence-corrected chi connectivity index (χ4v) is 2.51. The van der Waals surface area contributed by atoms with E-state index < -0.39 is 0 Å². The molecule has 0 fully saturated rings. The van der Waals surface area contributed by atoms with Gasteiger partial charge in [-0.2, -0.15) is 0 Å². The second-order valence-corrected chi connectivity index (χ2v) is 5.31. The van der Waals surface area contributed by atoms with Crippen LogP contribution in [-0.4, -0.2) is 33.8 Å². The molecule has 0 unspecified atom stereocenters. The first-order valence-corrected chi connectivity index (χ1v) is 7.72. The fourth-order valence-electron chi connectivity index (χ4n) is 2.51. The number of nitrogens with zero attached hydrogens (tertiary/aromatic N) is 1. The zero-order valence-corrected chi connectivity index (χ0v) is 14.5. The zero-order chi connectivity index (χ0) is 17.5. The summed E-state index contributed by atoms with van der Waals surface area (Å²) in [6, 6.07) is 13.3. The number of anilines is 1. The minimum absolute atomic E-state index is 0.000596. The van der Waals surface area contributed by atoms with Gasteiger partial charge in [0.15, 0.2) is 11.5 Å². The minimum atomic E-state index is 0.000596. The number of rotatable bonds is 7. The zero-order valence-electron chi connectivity index (χ0n) is 14.5. The van der Waals surface area contributed by atoms with Crippen LogP contribution in [0.4, 0.5) is 5.69 Å². The highest BCUT2D eigenvalue weighted by Crippen LogP contribution is 2.28. The van der Waals surface area contributed by atoms with E-state index in [9.17, 15) is 4.79 Å². The van der Waals surface area contributed by atoms with E-state index in [-0.39, 0.29) is 5.91 Å². The maximum atomic E-state index is 12.0. The lowest BCUT2D eigenvalue weighted by Gasteiger charge is -2.21. The molecule has 0 bridgehead atoms. The summed E-state index contributed by atoms with van der Waals surface area (Å²) < 4.78 is 15.7. The van der Waals surface area contributed by atoms with E-state index >= 15 is 0 Å². The van der Waals surface area contributed by atoms with Crippen molar-refractivity contribution in [2.45, 2.75) is 13.3 Å². The van der Waals surface area contributed by atoms with Crippen LogP contribution in [0.3, 0.4) is 0 Å². The van der Waals surface area contributed by atoms with Crippen molar-refractivity contribution < 1.29 is 19.0 Å². The number of methoxy groups -OCH3 is 3. The predicted octanol–water partition coefficient (Wildman–Crippen LogP) is 3.31. The highest BCUT2D eigenvalue weighted by Gasteiger charge is 2.12. The van der Waals surface area contributed by atoms with Crippen LogP contribution < -0.4 is 19.1 Å². The van der Waals surface area contributed by atoms with Crippen molar-refractivity contribution in [1.29, 1.82) is 0 Å². The number of carbonyl (C=O) groups excluding carboxylic acids is 1. The Balaban J connectivity index is 2.12. The monoisotopic (exact) mass is 329 g/mol. The number of carbonyl (C=O) groups is 1. The number of hydrogen-bond acceptors (Lipinski definition) is 4. The molecule has 24 heavy (non-hydrogen) atoms. The SMILES string of the molecule is COc1ccc(N(CCc2ccc(OC)c(OC)c2)C(C)=O)cc1. The van der Waals surface area contributed by atoms with Crippen LogP contribution in [0.25, 0.3) is 0 Å². The topological polar surface area (TPSA) is 48.0 Å². The second kappa shape index (κ2) is 8.24. The Bertz CT molecular complexity index is 682. The highest BCUT2D eigenvalue weighted by molar-refractivity contribution is 5.91. The first kappa shape index (κ1) is 17.7. The van der Waals surface area contributed by atoms with E-state index in [0.717, 1.165) is 17.0 Å². The van der Waals surface area contributed by atoms with Crippen LogP contribution in [0, 0.1) is 0 Å². The van der Waals surface area contributed by atoms with E-state index in [1.165, 1.54) is 0 Å². The Kier molecular flexibility index (Phi) is 6.07. The molecule has 1 amide bonds. The normalized spacial score (nSPS) is 10.2. The lowest BCUT2D eigenvalue weighted by molar-refractivity contribution is -0.116. The van der Waals surface area contributed by atoms with Crippen LogP contribution >= 0.6 is 0 Å². The molecule has 2 rings (SSSR count). The van der Waals surface area contributed by atoms with Gasteiger partial charge in [0, 0.05) is 19.2 Å². The van der Waals surface area contributed by atoms with Gasteiger partial charge in [0.25, 0.3) is 0 Å². The summed E-state index contributed by atoms with van der Waals surface area (Å²) in [4.78, 5) is 13.7. The third-order valence-electron chi connectivity index (χ3n) is 3.84. The Labute approximate surface area is 142 Å². The highest BCUT2D eigenvalue weighted by atomic mass is 16.5. The van der Waals surface area contributed by atoms with Gasteiger partial charge < -0.3 is 19.1 Å². The minimum Gasteiger partial charge on any atom is -0.497 e. The molecule has 128 valence electrons. The standard InChI is InChI=1S/C19H23NO4/c1-14(21)20(16-6-8-17(22-2)9-7-16)12-11-15-5-10-18(23-3)19(13-15)24-4/h5-10,13H,11-12H2,1-4H3. The van der Waals surface area contributed by atoms with E-state index in [0.29, 0.717) is 24.5 Å². The average molecular weight is 329 g/mol. The smallest absolute Gasteiger partial charge is 0.223 e. The predicted molar refractivity (Wildman–Crippen MR) is 94.3 cm³/mol. The van der Waals surface area contributed by atoms with Gasteiger partial charge >= 0.3 is 0 Å². The molecule has 0 spiro atoms. The molecular weight excluding hydrogens is 306 g/mol. The van der Waals surface area contributed by atoms with Crippen molar-refractivity contribution in [3.63, 3.8) is 0 Å². The van der Waals surface area contributed by atoms with E-state index in [1.54, 1.807) is 33.2 Å². The number of ether oxygens (including phenoxy) is 3. The average Bonchev–Trinajstić information content (AvgIpc) is 2.61. The maximum Gasteiger partial charge on any atom is 0.223 e. The van der Waals surface area contributed by atoms with Crippen molar-refractivity contribution in [2.24, 2.45) is 0 Å². The van der Waals surface area contributed by atoms with Gasteiger partial charge in [-0.15, -0.1) is 0 Å². The van der Waals surface area contributed by atoms with E-state index in [4.69, 9.17) is 14.2 Å². The van der Waals surface area contributed by atoms with E-state index in [1.807, 2.05) is 42.5 Å². The summed E-state index contributed by atoms with van der Waals surface area (Å²) in [6.45, 7) is 2.15.